The first kappa shape index (κ1) is 57.4. The predicted molar refractivity (Wildman–Crippen MR) is 294 cm³/mol. The molecule has 6 aromatic rings. The molecule has 2 fully saturated rings. The van der Waals surface area contributed by atoms with Crippen LogP contribution in [0.25, 0.3) is 32.8 Å². The Labute approximate surface area is 462 Å². The molecule has 3 atom stereocenters. The molecule has 0 bridgehead atoms. The third-order valence-electron chi connectivity index (χ3n) is 12.7. The second-order valence-corrected chi connectivity index (χ2v) is 22.0. The van der Waals surface area contributed by atoms with E-state index in [1.54, 1.807) is 40.8 Å². The highest BCUT2D eigenvalue weighted by Crippen LogP contribution is 2.38. The van der Waals surface area contributed by atoms with Gasteiger partial charge in [0.15, 0.2) is 28.9 Å². The summed E-state index contributed by atoms with van der Waals surface area (Å²) in [5.41, 5.74) is 14.6. The minimum Gasteiger partial charge on any atom is -0.481 e. The van der Waals surface area contributed by atoms with Crippen molar-refractivity contribution in [1.29, 1.82) is 0 Å². The number of benzene rings is 1. The number of nitrogens with zero attached hydrogens (tertiary/aromatic N) is 10. The maximum atomic E-state index is 13.3. The van der Waals surface area contributed by atoms with Crippen molar-refractivity contribution in [3.63, 3.8) is 0 Å². The first-order valence-electron chi connectivity index (χ1n) is 24.9. The Hall–Kier alpha value is -7.80. The van der Waals surface area contributed by atoms with Crippen LogP contribution >= 0.6 is 32.9 Å². The lowest BCUT2D eigenvalue weighted by atomic mass is 10.00. The van der Waals surface area contributed by atoms with Crippen LogP contribution in [0.3, 0.4) is 0 Å². The highest BCUT2D eigenvalue weighted by molar-refractivity contribution is 8.76. The number of carbonyl (C=O) groups is 6. The van der Waals surface area contributed by atoms with Gasteiger partial charge in [-0.1, -0.05) is 21.6 Å². The Morgan fingerprint density at radius 3 is 2.34 bits per heavy atom. The first-order chi connectivity index (χ1) is 38.0. The largest absolute Gasteiger partial charge is 0.509 e. The third kappa shape index (κ3) is 15.3. The van der Waals surface area contributed by atoms with E-state index in [-0.39, 0.29) is 78.5 Å². The van der Waals surface area contributed by atoms with E-state index in [2.05, 4.69) is 57.3 Å². The van der Waals surface area contributed by atoms with Crippen molar-refractivity contribution in [2.45, 2.75) is 58.3 Å². The molecule has 27 nitrogen and oxygen atoms in total. The van der Waals surface area contributed by atoms with Crippen LogP contribution in [-0.2, 0) is 46.5 Å². The summed E-state index contributed by atoms with van der Waals surface area (Å²) in [4.78, 5) is 128. The van der Waals surface area contributed by atoms with Crippen LogP contribution in [0.15, 0.2) is 47.7 Å². The summed E-state index contributed by atoms with van der Waals surface area (Å²) in [6.07, 6.45) is 1.61. The maximum Gasteiger partial charge on any atom is 0.509 e. The number of aliphatic carboxylic acids is 2. The normalized spacial score (nSPS) is 15.1. The van der Waals surface area contributed by atoms with E-state index in [1.165, 1.54) is 36.0 Å². The van der Waals surface area contributed by atoms with E-state index in [0.29, 0.717) is 81.8 Å². The summed E-state index contributed by atoms with van der Waals surface area (Å²) in [5.74, 6) is -3.52. The average molecular weight is 1140 g/mol. The summed E-state index contributed by atoms with van der Waals surface area (Å²) in [6.45, 7) is 8.88. The molecule has 79 heavy (non-hydrogen) atoms. The van der Waals surface area contributed by atoms with E-state index in [9.17, 15) is 43.8 Å². The number of H-pyrrole nitrogens is 1. The molecular weight excluding hydrogens is 1090 g/mol. The minimum absolute atomic E-state index is 0.0208. The number of morpholine rings is 1. The van der Waals surface area contributed by atoms with Crippen molar-refractivity contribution < 1.29 is 53.2 Å². The van der Waals surface area contributed by atoms with Crippen molar-refractivity contribution in [2.24, 2.45) is 5.92 Å². The molecule has 0 spiro atoms. The SMILES string of the molecule is Cc1c(CN2CCN(C(=O)C(C)OC(=O)OCCSSCC(CC(=O)CCC(NC(=O)c3ccc(NCc4cnc5nc(N)[nH]c(=O)c5n4)cc3)C(=O)O)C(=O)O)CC2)sc2c(N3CCOCC3)nc(-c3cnc(N)nc3)nc12. The molecule has 30 heteroatoms. The topological polar surface area (TPSA) is 379 Å². The van der Waals surface area contributed by atoms with Gasteiger partial charge in [0.25, 0.3) is 17.4 Å². The number of rotatable bonds is 24. The predicted octanol–water partition coefficient (Wildman–Crippen LogP) is 2.99. The number of aromatic nitrogens is 8. The number of nitrogens with one attached hydrogen (secondary N) is 3. The number of aryl methyl sites for hydroxylation is 1. The molecule has 2 aliphatic heterocycles. The fourth-order valence-electron chi connectivity index (χ4n) is 8.39. The van der Waals surface area contributed by atoms with E-state index in [0.717, 1.165) is 37.3 Å². The van der Waals surface area contributed by atoms with Gasteiger partial charge in [0.2, 0.25) is 11.9 Å². The summed E-state index contributed by atoms with van der Waals surface area (Å²) < 4.78 is 17.1. The summed E-state index contributed by atoms with van der Waals surface area (Å²) >= 11 is 1.66. The molecule has 0 aliphatic carbocycles. The zero-order chi connectivity index (χ0) is 56.2. The standard InChI is InChI=1S/C49H57N15O12S3/c1-26-35(79-38-36(26)58-39(30-20-54-47(50)55-21-30)59-41(38)63-13-15-74-16-14-63)24-62-9-11-64(12-10-62)44(68)27(2)76-49(73)75-17-18-77-78-25-29(45(69)70)19-33(65)7-8-34(46(71)72)57-42(66)28-3-5-31(6-4-28)52-22-32-23-53-40-37(56-32)43(67)61-48(51)60-40/h3-6,20-21,23,27,29,34,52H,7-19,22,24-25H2,1-2H3,(H,57,66)(H,69,70)(H,71,72)(H2,50,54,55)(H3,51,53,60,61,67). The quantitative estimate of drug-likeness (QED) is 0.0260. The lowest BCUT2D eigenvalue weighted by molar-refractivity contribution is -0.143. The zero-order valence-corrected chi connectivity index (χ0v) is 45.4. The fraction of sp³-hybridized carbons (Fsp3) is 0.429. The number of aromatic amines is 1. The number of Topliss-reactive ketones (excluding diaryl/α,β-unsaturated/α-hetero) is 1. The number of piperazine rings is 1. The Morgan fingerprint density at radius 2 is 1.63 bits per heavy atom. The summed E-state index contributed by atoms with van der Waals surface area (Å²) in [7, 11) is 2.37. The van der Waals surface area contributed by atoms with Gasteiger partial charge in [0.05, 0.1) is 53.3 Å². The molecule has 2 saturated heterocycles. The van der Waals surface area contributed by atoms with Gasteiger partial charge in [-0.15, -0.1) is 11.3 Å². The molecule has 0 radical (unpaired) electrons. The van der Waals surface area contributed by atoms with Crippen LogP contribution in [0.5, 0.6) is 0 Å². The van der Waals surface area contributed by atoms with E-state index >= 15 is 0 Å². The molecule has 2 amide bonds. The van der Waals surface area contributed by atoms with Gasteiger partial charge in [-0.05, 0) is 50.1 Å². The molecule has 1 aromatic carbocycles. The third-order valence-corrected chi connectivity index (χ3v) is 16.5. The van der Waals surface area contributed by atoms with Crippen molar-refractivity contribution in [2.75, 3.05) is 92.3 Å². The Morgan fingerprint density at radius 1 is 0.899 bits per heavy atom. The van der Waals surface area contributed by atoms with Crippen LogP contribution in [0.1, 0.15) is 52.7 Å². The molecule has 3 unspecified atom stereocenters. The van der Waals surface area contributed by atoms with Crippen molar-refractivity contribution in [1.82, 2.24) is 55.0 Å². The number of nitrogen functional groups attached to an aromatic ring is 2. The molecule has 8 rings (SSSR count). The number of hydrogen-bond donors (Lipinski definition) is 7. The van der Waals surface area contributed by atoms with Gasteiger partial charge in [-0.25, -0.2) is 39.5 Å². The number of ether oxygens (including phenoxy) is 3. The van der Waals surface area contributed by atoms with Crippen LogP contribution < -0.4 is 32.6 Å². The minimum atomic E-state index is -1.43. The van der Waals surface area contributed by atoms with Gasteiger partial charge >= 0.3 is 18.1 Å². The smallest absolute Gasteiger partial charge is 0.481 e. The van der Waals surface area contributed by atoms with Gasteiger partial charge in [-0.3, -0.25) is 33.9 Å². The zero-order valence-electron chi connectivity index (χ0n) is 42.9. The number of hydrogen-bond acceptors (Lipinski definition) is 25. The monoisotopic (exact) mass is 1140 g/mol. The van der Waals surface area contributed by atoms with Crippen molar-refractivity contribution >= 4 is 113 Å². The number of ketones is 1. The molecule has 5 aromatic heterocycles. The molecule has 9 N–H and O–H groups in total. The highest BCUT2D eigenvalue weighted by Gasteiger charge is 2.30. The Bertz CT molecular complexity index is 3250. The average Bonchev–Trinajstić information content (AvgIpc) is 3.95. The first-order valence-corrected chi connectivity index (χ1v) is 28.2. The Kier molecular flexibility index (Phi) is 19.4. The number of carboxylic acid groups (broad SMARTS) is 2. The molecule has 7 heterocycles. The van der Waals surface area contributed by atoms with Gasteiger partial charge in [0, 0.05) is 98.7 Å². The number of amides is 2. The van der Waals surface area contributed by atoms with E-state index in [1.807, 2.05) is 0 Å². The number of nitrogens with two attached hydrogens (primary N) is 2. The van der Waals surface area contributed by atoms with Crippen LogP contribution in [0.2, 0.25) is 0 Å². The summed E-state index contributed by atoms with van der Waals surface area (Å²) in [5, 5.41) is 25.1. The number of carboxylic acids is 2. The molecular formula is C49H57N15O12S3. The Balaban J connectivity index is 0.708. The lowest BCUT2D eigenvalue weighted by Gasteiger charge is -2.35. The van der Waals surface area contributed by atoms with Crippen molar-refractivity contribution in [3.8, 4) is 11.4 Å². The number of carbonyl (C=O) groups excluding carboxylic acids is 4. The van der Waals surface area contributed by atoms with Crippen molar-refractivity contribution in [3.05, 3.63) is 74.9 Å². The van der Waals surface area contributed by atoms with Crippen LogP contribution in [-0.4, -0.2) is 178 Å². The van der Waals surface area contributed by atoms with Gasteiger partial charge in [-0.2, -0.15) is 4.98 Å². The fourth-order valence-corrected chi connectivity index (χ4v) is 11.8. The number of fused-ring (bicyclic) bond motifs is 2. The van der Waals surface area contributed by atoms with Gasteiger partial charge < -0.3 is 56.3 Å². The number of anilines is 4. The van der Waals surface area contributed by atoms with Gasteiger partial charge in [0.1, 0.15) is 18.4 Å². The van der Waals surface area contributed by atoms with E-state index in [4.69, 9.17) is 35.6 Å². The van der Waals surface area contributed by atoms with Crippen LogP contribution in [0, 0.1) is 12.8 Å². The second-order valence-electron chi connectivity index (χ2n) is 18.3. The number of thiophene rings is 1. The lowest BCUT2D eigenvalue weighted by Crippen LogP contribution is -2.51. The van der Waals surface area contributed by atoms with E-state index < -0.39 is 53.4 Å². The highest BCUT2D eigenvalue weighted by atomic mass is 33.1. The molecule has 418 valence electrons. The molecule has 0 saturated carbocycles. The summed E-state index contributed by atoms with van der Waals surface area (Å²) in [6, 6.07) is 4.67. The maximum absolute atomic E-state index is 13.3. The van der Waals surface area contributed by atoms with Crippen LogP contribution in [0.4, 0.5) is 28.2 Å². The molecule has 2 aliphatic rings. The second kappa shape index (κ2) is 26.7.